The van der Waals surface area contributed by atoms with Gasteiger partial charge in [-0.3, -0.25) is 4.79 Å². The first kappa shape index (κ1) is 16.0. The molecule has 3 N–H and O–H groups in total. The van der Waals surface area contributed by atoms with Gasteiger partial charge in [0, 0.05) is 17.9 Å². The zero-order valence-corrected chi connectivity index (χ0v) is 12.9. The van der Waals surface area contributed by atoms with Gasteiger partial charge >= 0.3 is 0 Å². The van der Waals surface area contributed by atoms with Crippen LogP contribution in [0.15, 0.2) is 24.3 Å². The van der Waals surface area contributed by atoms with Crippen LogP contribution in [0.4, 0.5) is 0 Å². The maximum atomic E-state index is 11.6. The quantitative estimate of drug-likeness (QED) is 0.758. The van der Waals surface area contributed by atoms with E-state index in [1.807, 2.05) is 24.3 Å². The monoisotopic (exact) mass is 296 g/mol. The Bertz CT molecular complexity index is 447. The molecule has 0 saturated heterocycles. The molecule has 1 aromatic rings. The summed E-state index contributed by atoms with van der Waals surface area (Å²) in [5, 5.41) is 2.90. The molecule has 0 unspecified atom stereocenters. The van der Waals surface area contributed by atoms with Crippen LogP contribution in [0.3, 0.4) is 0 Å². The van der Waals surface area contributed by atoms with Gasteiger partial charge in [0.15, 0.2) is 0 Å². The minimum atomic E-state index is 0.0755. The van der Waals surface area contributed by atoms with Crippen molar-refractivity contribution in [1.82, 2.24) is 5.32 Å². The highest BCUT2D eigenvalue weighted by atomic mass is 32.2. The van der Waals surface area contributed by atoms with Gasteiger partial charge in [0.25, 0.3) is 0 Å². The van der Waals surface area contributed by atoms with Crippen molar-refractivity contribution in [1.29, 1.82) is 0 Å². The largest absolute Gasteiger partial charge is 0.389 e. The average molecular weight is 296 g/mol. The van der Waals surface area contributed by atoms with Crippen LogP contribution in [0.2, 0.25) is 0 Å². The van der Waals surface area contributed by atoms with Gasteiger partial charge in [-0.1, -0.05) is 50.3 Å². The number of thiocarbonyl (C=S) groups is 1. The molecule has 104 valence electrons. The molecule has 0 aliphatic carbocycles. The maximum Gasteiger partial charge on any atom is 0.230 e. The second-order valence-electron chi connectivity index (χ2n) is 4.71. The fraction of sp³-hybridized carbons (Fsp3) is 0.429. The molecule has 1 rings (SSSR count). The molecule has 19 heavy (non-hydrogen) atoms. The first-order valence-electron chi connectivity index (χ1n) is 6.23. The van der Waals surface area contributed by atoms with Crippen molar-refractivity contribution in [3.63, 3.8) is 0 Å². The highest BCUT2D eigenvalue weighted by Gasteiger charge is 2.06. The van der Waals surface area contributed by atoms with Gasteiger partial charge in [-0.2, -0.15) is 0 Å². The lowest BCUT2D eigenvalue weighted by Gasteiger charge is -2.09. The summed E-state index contributed by atoms with van der Waals surface area (Å²) in [5.41, 5.74) is 7.65. The normalized spacial score (nSPS) is 10.5. The van der Waals surface area contributed by atoms with E-state index in [0.717, 1.165) is 23.4 Å². The lowest BCUT2D eigenvalue weighted by Crippen LogP contribution is -2.28. The third-order valence-corrected chi connectivity index (χ3v) is 3.68. The number of thioether (sulfide) groups is 1. The smallest absolute Gasteiger partial charge is 0.230 e. The van der Waals surface area contributed by atoms with Crippen molar-refractivity contribution >= 4 is 34.9 Å². The number of nitrogens with two attached hydrogens (primary N) is 1. The molecule has 3 nitrogen and oxygen atoms in total. The Labute approximate surface area is 124 Å². The third-order valence-electron chi connectivity index (χ3n) is 2.48. The van der Waals surface area contributed by atoms with E-state index < -0.39 is 0 Å². The van der Waals surface area contributed by atoms with E-state index >= 15 is 0 Å². The van der Waals surface area contributed by atoms with E-state index in [2.05, 4.69) is 19.2 Å². The standard InChI is InChI=1S/C14H20N2OS2/c1-10(2)7-16-13(17)9-19-8-11-5-3-4-6-12(11)14(15)18/h3-6,10H,7-9H2,1-2H3,(H2,15,18)(H,16,17). The van der Waals surface area contributed by atoms with Crippen LogP contribution in [-0.2, 0) is 10.5 Å². The van der Waals surface area contributed by atoms with Gasteiger partial charge in [0.2, 0.25) is 5.91 Å². The summed E-state index contributed by atoms with van der Waals surface area (Å²) in [6.45, 7) is 4.88. The minimum Gasteiger partial charge on any atom is -0.389 e. The Hall–Kier alpha value is -1.07. The number of amides is 1. The second kappa shape index (κ2) is 8.17. The van der Waals surface area contributed by atoms with E-state index in [4.69, 9.17) is 18.0 Å². The Balaban J connectivity index is 2.41. The van der Waals surface area contributed by atoms with Crippen molar-refractivity contribution < 1.29 is 4.79 Å². The number of nitrogens with one attached hydrogen (secondary N) is 1. The lowest BCUT2D eigenvalue weighted by atomic mass is 10.1. The molecular weight excluding hydrogens is 276 g/mol. The number of carbonyl (C=O) groups is 1. The Kier molecular flexibility index (Phi) is 6.87. The maximum absolute atomic E-state index is 11.6. The van der Waals surface area contributed by atoms with Crippen molar-refractivity contribution in [2.75, 3.05) is 12.3 Å². The molecule has 0 bridgehead atoms. The third kappa shape index (κ3) is 6.07. The number of benzene rings is 1. The van der Waals surface area contributed by atoms with Gasteiger partial charge in [0.05, 0.1) is 5.75 Å². The lowest BCUT2D eigenvalue weighted by molar-refractivity contribution is -0.118. The van der Waals surface area contributed by atoms with Gasteiger partial charge < -0.3 is 11.1 Å². The van der Waals surface area contributed by atoms with Gasteiger partial charge in [0.1, 0.15) is 4.99 Å². The fourth-order valence-corrected chi connectivity index (χ4v) is 2.57. The van der Waals surface area contributed by atoms with Crippen LogP contribution in [0.1, 0.15) is 25.0 Å². The molecule has 0 atom stereocenters. The summed E-state index contributed by atoms with van der Waals surface area (Å²) in [7, 11) is 0. The predicted octanol–water partition coefficient (Wildman–Crippen LogP) is 2.33. The number of hydrogen-bond donors (Lipinski definition) is 2. The molecular formula is C14H20N2OS2. The zero-order chi connectivity index (χ0) is 14.3. The molecule has 0 spiro atoms. The topological polar surface area (TPSA) is 55.1 Å². The van der Waals surface area contributed by atoms with E-state index in [1.165, 1.54) is 0 Å². The van der Waals surface area contributed by atoms with Gasteiger partial charge in [-0.15, -0.1) is 11.8 Å². The molecule has 5 heteroatoms. The van der Waals surface area contributed by atoms with Crippen LogP contribution in [0.5, 0.6) is 0 Å². The fourth-order valence-electron chi connectivity index (χ4n) is 1.51. The molecule has 0 aliphatic rings. The zero-order valence-electron chi connectivity index (χ0n) is 11.3. The molecule has 1 aromatic carbocycles. The van der Waals surface area contributed by atoms with E-state index in [1.54, 1.807) is 11.8 Å². The van der Waals surface area contributed by atoms with Crippen molar-refractivity contribution in [2.24, 2.45) is 11.7 Å². The van der Waals surface area contributed by atoms with E-state index in [9.17, 15) is 4.79 Å². The second-order valence-corrected chi connectivity index (χ2v) is 6.14. The first-order valence-corrected chi connectivity index (χ1v) is 7.79. The molecule has 0 saturated carbocycles. The molecule has 0 aromatic heterocycles. The van der Waals surface area contributed by atoms with Crippen LogP contribution in [0, 0.1) is 5.92 Å². The number of rotatable bonds is 7. The SMILES string of the molecule is CC(C)CNC(=O)CSCc1ccccc1C(N)=S. The predicted molar refractivity (Wildman–Crippen MR) is 86.3 cm³/mol. The first-order chi connectivity index (χ1) is 9.00. The Morgan fingerprint density at radius 2 is 2.11 bits per heavy atom. The summed E-state index contributed by atoms with van der Waals surface area (Å²) < 4.78 is 0. The number of hydrogen-bond acceptors (Lipinski definition) is 3. The minimum absolute atomic E-state index is 0.0755. The summed E-state index contributed by atoms with van der Waals surface area (Å²) >= 11 is 6.58. The van der Waals surface area contributed by atoms with Crippen LogP contribution < -0.4 is 11.1 Å². The summed E-state index contributed by atoms with van der Waals surface area (Å²) in [6, 6.07) is 7.78. The van der Waals surface area contributed by atoms with Gasteiger partial charge in [-0.05, 0) is 11.5 Å². The van der Waals surface area contributed by atoms with Crippen LogP contribution in [-0.4, -0.2) is 23.2 Å². The van der Waals surface area contributed by atoms with Crippen LogP contribution >= 0.6 is 24.0 Å². The van der Waals surface area contributed by atoms with E-state index in [-0.39, 0.29) is 5.91 Å². The Morgan fingerprint density at radius 1 is 1.42 bits per heavy atom. The highest BCUT2D eigenvalue weighted by molar-refractivity contribution is 7.99. The summed E-state index contributed by atoms with van der Waals surface area (Å²) in [5.74, 6) is 1.75. The summed E-state index contributed by atoms with van der Waals surface area (Å²) in [4.78, 5) is 12.0. The highest BCUT2D eigenvalue weighted by Crippen LogP contribution is 2.16. The Morgan fingerprint density at radius 3 is 2.74 bits per heavy atom. The van der Waals surface area contributed by atoms with Gasteiger partial charge in [-0.25, -0.2) is 0 Å². The molecule has 0 fully saturated rings. The summed E-state index contributed by atoms with van der Waals surface area (Å²) in [6.07, 6.45) is 0. The van der Waals surface area contributed by atoms with E-state index in [0.29, 0.717) is 16.7 Å². The average Bonchev–Trinajstić information content (AvgIpc) is 2.36. The molecule has 1 amide bonds. The molecule has 0 aliphatic heterocycles. The van der Waals surface area contributed by atoms with Crippen molar-refractivity contribution in [3.05, 3.63) is 35.4 Å². The van der Waals surface area contributed by atoms with Crippen molar-refractivity contribution in [3.8, 4) is 0 Å². The number of carbonyl (C=O) groups excluding carboxylic acids is 1. The molecule has 0 radical (unpaired) electrons. The van der Waals surface area contributed by atoms with Crippen molar-refractivity contribution in [2.45, 2.75) is 19.6 Å². The van der Waals surface area contributed by atoms with Crippen LogP contribution in [0.25, 0.3) is 0 Å². The molecule has 0 heterocycles.